The molecule has 0 unspecified atom stereocenters. The van der Waals surface area contributed by atoms with Crippen molar-refractivity contribution in [3.05, 3.63) is 0 Å². The van der Waals surface area contributed by atoms with Crippen LogP contribution in [0.5, 0.6) is 0 Å². The minimum atomic E-state index is -1.58. The van der Waals surface area contributed by atoms with E-state index in [0.29, 0.717) is 0 Å². The van der Waals surface area contributed by atoms with Crippen molar-refractivity contribution in [2.24, 2.45) is 5.73 Å². The number of aliphatic carboxylic acids is 2. The van der Waals surface area contributed by atoms with Crippen molar-refractivity contribution >= 4 is 11.9 Å². The summed E-state index contributed by atoms with van der Waals surface area (Å²) in [5.74, 6) is -3.08. The Morgan fingerprint density at radius 2 is 1.64 bits per heavy atom. The fraction of sp³-hybridized carbons (Fsp3) is 0.500. The molecule has 0 aromatic heterocycles. The fourth-order valence-electron chi connectivity index (χ4n) is 0.263. The molecule has 0 fully saturated rings. The molecule has 0 rings (SSSR count). The summed E-state index contributed by atoms with van der Waals surface area (Å²) in [6.45, 7) is 0. The largest absolute Gasteiger partial charge is 1.00 e. The third-order valence-corrected chi connectivity index (χ3v) is 0.689. The molecule has 0 saturated heterocycles. The van der Waals surface area contributed by atoms with Gasteiger partial charge in [0, 0.05) is 18.4 Å². The topological polar surface area (TPSA) is 106 Å². The molecule has 0 aliphatic carbocycles. The average Bonchev–Trinajstić information content (AvgIpc) is 1.63. The maximum absolute atomic E-state index is 9.71. The Morgan fingerprint density at radius 3 is 1.73 bits per heavy atom. The van der Waals surface area contributed by atoms with E-state index in [1.807, 2.05) is 0 Å². The molecule has 0 heterocycles. The first-order valence-corrected chi connectivity index (χ1v) is 2.20. The molecular formula is C4H5Cs2NO4. The third-order valence-electron chi connectivity index (χ3n) is 0.689. The molecule has 0 bridgehead atoms. The van der Waals surface area contributed by atoms with Gasteiger partial charge >= 0.3 is 138 Å². The molecule has 0 aromatic rings. The van der Waals surface area contributed by atoms with Gasteiger partial charge in [-0.2, -0.15) is 0 Å². The molecule has 0 aromatic carbocycles. The van der Waals surface area contributed by atoms with Crippen LogP contribution in [-0.4, -0.2) is 18.0 Å². The van der Waals surface area contributed by atoms with Crippen molar-refractivity contribution in [2.75, 3.05) is 0 Å². The Bertz CT molecular complexity index is 140. The molecular weight excluding hydrogens is 392 g/mol. The second-order valence-electron chi connectivity index (χ2n) is 1.50. The Kier molecular flexibility index (Phi) is 19.7. The summed E-state index contributed by atoms with van der Waals surface area (Å²) in [6.07, 6.45) is -0.706. The van der Waals surface area contributed by atoms with Crippen LogP contribution in [0.3, 0.4) is 0 Å². The summed E-state index contributed by atoms with van der Waals surface area (Å²) in [5, 5.41) is 19.3. The molecule has 5 nitrogen and oxygen atoms in total. The van der Waals surface area contributed by atoms with Gasteiger partial charge in [-0.1, -0.05) is 0 Å². The van der Waals surface area contributed by atoms with Crippen LogP contribution in [0.4, 0.5) is 0 Å². The quantitative estimate of drug-likeness (QED) is 0.510. The van der Waals surface area contributed by atoms with Crippen LogP contribution in [-0.2, 0) is 9.59 Å². The molecule has 7 heteroatoms. The molecule has 0 amide bonds. The van der Waals surface area contributed by atoms with Gasteiger partial charge in [0.15, 0.2) is 0 Å². The molecule has 1 atom stereocenters. The Labute approximate surface area is 182 Å². The number of rotatable bonds is 3. The van der Waals surface area contributed by atoms with E-state index in [4.69, 9.17) is 5.73 Å². The molecule has 2 N–H and O–H groups in total. The third kappa shape index (κ3) is 13.0. The zero-order valence-electron chi connectivity index (χ0n) is 6.49. The van der Waals surface area contributed by atoms with Crippen molar-refractivity contribution in [3.8, 4) is 0 Å². The number of nitrogens with two attached hydrogens (primary N) is 1. The zero-order chi connectivity index (χ0) is 7.44. The smallest absolute Gasteiger partial charge is 0.550 e. The van der Waals surface area contributed by atoms with Crippen molar-refractivity contribution in [2.45, 2.75) is 12.5 Å². The van der Waals surface area contributed by atoms with Crippen molar-refractivity contribution < 1.29 is 158 Å². The normalized spacial score (nSPS) is 10.3. The van der Waals surface area contributed by atoms with E-state index in [2.05, 4.69) is 0 Å². The predicted octanol–water partition coefficient (Wildman–Crippen LogP) is -9.79. The fourth-order valence-corrected chi connectivity index (χ4v) is 0.263. The summed E-state index contributed by atoms with van der Waals surface area (Å²) >= 11 is 0. The van der Waals surface area contributed by atoms with Gasteiger partial charge in [-0.05, 0) is 0 Å². The predicted molar refractivity (Wildman–Crippen MR) is 22.6 cm³/mol. The molecule has 0 spiro atoms. The van der Waals surface area contributed by atoms with Gasteiger partial charge in [-0.25, -0.2) is 0 Å². The molecule has 52 valence electrons. The zero-order valence-corrected chi connectivity index (χ0v) is 19.1. The van der Waals surface area contributed by atoms with Crippen LogP contribution >= 0.6 is 0 Å². The molecule has 0 aliphatic rings. The number of carbonyl (C=O) groups excluding carboxylic acids is 2. The Balaban J connectivity index is -0.000000320. The second-order valence-corrected chi connectivity index (χ2v) is 1.50. The molecule has 11 heavy (non-hydrogen) atoms. The average molecular weight is 397 g/mol. The van der Waals surface area contributed by atoms with Gasteiger partial charge in [-0.3, -0.25) is 0 Å². The van der Waals surface area contributed by atoms with Crippen LogP contribution in [0.25, 0.3) is 0 Å². The van der Waals surface area contributed by atoms with E-state index in [9.17, 15) is 19.8 Å². The standard InChI is InChI=1S/C4H7NO4.2Cs/c5-2(4(8)9)1-3(6)7;;/h2H,1,5H2,(H,6,7)(H,8,9);;/q;2*+1/p-2/t2-;;/m0../s1. The number of carboxylic acid groups (broad SMARTS) is 2. The molecule has 0 aliphatic heterocycles. The van der Waals surface area contributed by atoms with Gasteiger partial charge in [0.2, 0.25) is 0 Å². The van der Waals surface area contributed by atoms with E-state index in [0.717, 1.165) is 0 Å². The molecule has 0 saturated carbocycles. The summed E-state index contributed by atoms with van der Waals surface area (Å²) < 4.78 is 0. The van der Waals surface area contributed by atoms with Crippen molar-refractivity contribution in [1.29, 1.82) is 0 Å². The Hall–Kier alpha value is 3.00. The first-order chi connectivity index (χ1) is 4.04. The first kappa shape index (κ1) is 19.6. The van der Waals surface area contributed by atoms with Gasteiger partial charge < -0.3 is 25.5 Å². The van der Waals surface area contributed by atoms with Crippen LogP contribution in [0.2, 0.25) is 0 Å². The van der Waals surface area contributed by atoms with Crippen LogP contribution in [0.15, 0.2) is 0 Å². The van der Waals surface area contributed by atoms with Crippen LogP contribution < -0.4 is 154 Å². The number of hydrogen-bond acceptors (Lipinski definition) is 5. The van der Waals surface area contributed by atoms with E-state index < -0.39 is 24.4 Å². The monoisotopic (exact) mass is 397 g/mol. The summed E-state index contributed by atoms with van der Waals surface area (Å²) in [7, 11) is 0. The van der Waals surface area contributed by atoms with Gasteiger partial charge in [0.1, 0.15) is 0 Å². The maximum atomic E-state index is 9.71. The van der Waals surface area contributed by atoms with Crippen molar-refractivity contribution in [3.63, 3.8) is 0 Å². The van der Waals surface area contributed by atoms with Gasteiger partial charge in [0.05, 0.1) is 5.97 Å². The van der Waals surface area contributed by atoms with Gasteiger partial charge in [0.25, 0.3) is 0 Å². The van der Waals surface area contributed by atoms with Crippen molar-refractivity contribution in [1.82, 2.24) is 0 Å². The summed E-state index contributed by atoms with van der Waals surface area (Å²) in [4.78, 5) is 19.3. The first-order valence-electron chi connectivity index (χ1n) is 2.20. The number of hydrogen-bond donors (Lipinski definition) is 1. The molecule has 0 radical (unpaired) electrons. The number of carbonyl (C=O) groups is 2. The Morgan fingerprint density at radius 1 is 1.27 bits per heavy atom. The van der Waals surface area contributed by atoms with Crippen LogP contribution in [0.1, 0.15) is 6.42 Å². The van der Waals surface area contributed by atoms with E-state index in [1.54, 1.807) is 0 Å². The van der Waals surface area contributed by atoms with E-state index >= 15 is 0 Å². The maximum Gasteiger partial charge on any atom is 1.00 e. The van der Waals surface area contributed by atoms with Gasteiger partial charge in [-0.15, -0.1) is 0 Å². The SMILES string of the molecule is N[C@@H](CC(=O)[O-])C(=O)[O-].[Cs+].[Cs+]. The summed E-state index contributed by atoms with van der Waals surface area (Å²) in [5.41, 5.74) is 4.73. The second kappa shape index (κ2) is 11.1. The minimum absolute atomic E-state index is 0. The van der Waals surface area contributed by atoms with Crippen LogP contribution in [0, 0.1) is 0 Å². The summed E-state index contributed by atoms with van der Waals surface area (Å²) in [6, 6.07) is -1.46. The minimum Gasteiger partial charge on any atom is -0.550 e. The number of carboxylic acids is 2. The van der Waals surface area contributed by atoms with E-state index in [-0.39, 0.29) is 138 Å². The van der Waals surface area contributed by atoms with E-state index in [1.165, 1.54) is 0 Å².